The highest BCUT2D eigenvalue weighted by Gasteiger charge is 2.61. The molecule has 0 aromatic heterocycles. The second-order valence-electron chi connectivity index (χ2n) is 6.81. The predicted octanol–water partition coefficient (Wildman–Crippen LogP) is 2.99. The topological polar surface area (TPSA) is 38.8 Å². The molecule has 1 aromatic rings. The Morgan fingerprint density at radius 2 is 1.95 bits per heavy atom. The van der Waals surface area contributed by atoms with Crippen LogP contribution in [0.2, 0.25) is 0 Å². The Kier molecular flexibility index (Phi) is 4.10. The fourth-order valence-corrected chi connectivity index (χ4v) is 3.83. The van der Waals surface area contributed by atoms with E-state index < -0.39 is 5.91 Å². The first kappa shape index (κ1) is 15.7. The number of benzene rings is 1. The predicted molar refractivity (Wildman–Crippen MR) is 84.1 cm³/mol. The van der Waals surface area contributed by atoms with Gasteiger partial charge in [-0.15, -0.1) is 0 Å². The number of likely N-dealkylation sites (N-methyl/N-ethyl adjacent to an activating group) is 1. The van der Waals surface area contributed by atoms with Crippen LogP contribution in [0.25, 0.3) is 0 Å². The zero-order chi connectivity index (χ0) is 15.9. The van der Waals surface area contributed by atoms with Gasteiger partial charge in [-0.2, -0.15) is 0 Å². The smallest absolute Gasteiger partial charge is 0.234 e. The monoisotopic (exact) mass is 303 g/mol. The molecule has 22 heavy (non-hydrogen) atoms. The van der Waals surface area contributed by atoms with Crippen LogP contribution in [0.15, 0.2) is 30.3 Å². The van der Waals surface area contributed by atoms with Crippen LogP contribution in [0.4, 0.5) is 0 Å². The molecule has 120 valence electrons. The van der Waals surface area contributed by atoms with Crippen molar-refractivity contribution >= 4 is 6.29 Å². The van der Waals surface area contributed by atoms with Crippen molar-refractivity contribution in [2.24, 2.45) is 11.8 Å². The van der Waals surface area contributed by atoms with Gasteiger partial charge in [0.05, 0.1) is 0 Å². The fourth-order valence-electron chi connectivity index (χ4n) is 3.83. The highest BCUT2D eigenvalue weighted by molar-refractivity contribution is 5.56. The molecule has 0 N–H and O–H groups in total. The van der Waals surface area contributed by atoms with Gasteiger partial charge in [-0.25, -0.2) is 4.90 Å². The number of carbonyl (C=O) groups is 1. The van der Waals surface area contributed by atoms with Crippen molar-refractivity contribution in [3.63, 3.8) is 0 Å². The lowest BCUT2D eigenvalue weighted by Crippen LogP contribution is -2.51. The standard InChI is InChI=1S/C18H25NO3/c1-12(2)16-10-15(11-20)21-18(16)19(4)13(3)17(22-18)14-8-6-5-7-9-14/h5-9,11-13,15-17H,10H2,1-4H3/t13?,15?,16?,17?,18-/m0/s1. The maximum absolute atomic E-state index is 11.3. The van der Waals surface area contributed by atoms with E-state index in [1.807, 2.05) is 25.2 Å². The van der Waals surface area contributed by atoms with Crippen LogP contribution in [0.1, 0.15) is 38.9 Å². The molecule has 2 heterocycles. The first-order valence-electron chi connectivity index (χ1n) is 8.08. The average molecular weight is 303 g/mol. The van der Waals surface area contributed by atoms with Crippen molar-refractivity contribution < 1.29 is 14.3 Å². The molecule has 0 saturated carbocycles. The molecule has 1 aromatic carbocycles. The van der Waals surface area contributed by atoms with Gasteiger partial charge in [0.25, 0.3) is 0 Å². The van der Waals surface area contributed by atoms with Crippen molar-refractivity contribution in [1.29, 1.82) is 0 Å². The minimum absolute atomic E-state index is 0.0437. The summed E-state index contributed by atoms with van der Waals surface area (Å²) >= 11 is 0. The third kappa shape index (κ3) is 2.30. The zero-order valence-corrected chi connectivity index (χ0v) is 13.7. The van der Waals surface area contributed by atoms with Crippen LogP contribution < -0.4 is 0 Å². The molecule has 0 bridgehead atoms. The summed E-state index contributed by atoms with van der Waals surface area (Å²) in [7, 11) is 2.04. The quantitative estimate of drug-likeness (QED) is 0.805. The molecule has 0 aliphatic carbocycles. The van der Waals surface area contributed by atoms with E-state index in [4.69, 9.17) is 9.47 Å². The maximum Gasteiger partial charge on any atom is 0.234 e. The molecule has 2 aliphatic heterocycles. The number of carbonyl (C=O) groups excluding carboxylic acids is 1. The summed E-state index contributed by atoms with van der Waals surface area (Å²) in [5, 5.41) is 0. The van der Waals surface area contributed by atoms with Gasteiger partial charge in [0.1, 0.15) is 18.5 Å². The van der Waals surface area contributed by atoms with Gasteiger partial charge in [-0.3, -0.25) is 0 Å². The third-order valence-corrected chi connectivity index (χ3v) is 5.20. The highest BCUT2D eigenvalue weighted by Crippen LogP contribution is 2.51. The lowest BCUT2D eigenvalue weighted by Gasteiger charge is -2.37. The molecule has 0 amide bonds. The Labute approximate surface area is 132 Å². The molecule has 2 saturated heterocycles. The Bertz CT molecular complexity index is 532. The molecule has 0 radical (unpaired) electrons. The van der Waals surface area contributed by atoms with Crippen LogP contribution in [-0.2, 0) is 14.3 Å². The van der Waals surface area contributed by atoms with Crippen molar-refractivity contribution in [2.45, 2.75) is 51.4 Å². The fraction of sp³-hybridized carbons (Fsp3) is 0.611. The molecule has 3 rings (SSSR count). The second-order valence-corrected chi connectivity index (χ2v) is 6.81. The van der Waals surface area contributed by atoms with E-state index in [0.717, 1.165) is 18.3 Å². The lowest BCUT2D eigenvalue weighted by atomic mass is 9.89. The molecule has 4 unspecified atom stereocenters. The van der Waals surface area contributed by atoms with Crippen molar-refractivity contribution in [2.75, 3.05) is 7.05 Å². The molecular weight excluding hydrogens is 278 g/mol. The summed E-state index contributed by atoms with van der Waals surface area (Å²) in [5.41, 5.74) is 1.15. The van der Waals surface area contributed by atoms with E-state index in [1.165, 1.54) is 0 Å². The van der Waals surface area contributed by atoms with Gasteiger partial charge in [0.15, 0.2) is 0 Å². The van der Waals surface area contributed by atoms with Gasteiger partial charge >= 0.3 is 0 Å². The second kappa shape index (κ2) is 5.76. The molecule has 4 heteroatoms. The maximum atomic E-state index is 11.3. The number of ether oxygens (including phenoxy) is 2. The van der Waals surface area contributed by atoms with Crippen LogP contribution in [0.3, 0.4) is 0 Å². The Morgan fingerprint density at radius 1 is 1.27 bits per heavy atom. The number of nitrogens with zero attached hydrogens (tertiary/aromatic N) is 1. The Hall–Kier alpha value is -1.23. The van der Waals surface area contributed by atoms with Crippen LogP contribution in [0, 0.1) is 11.8 Å². The number of hydrogen-bond acceptors (Lipinski definition) is 4. The summed E-state index contributed by atoms with van der Waals surface area (Å²) < 4.78 is 12.6. The first-order chi connectivity index (χ1) is 10.5. The van der Waals surface area contributed by atoms with E-state index in [1.54, 1.807) is 0 Å². The van der Waals surface area contributed by atoms with Gasteiger partial charge < -0.3 is 14.3 Å². The molecule has 2 fully saturated rings. The minimum atomic E-state index is -0.792. The van der Waals surface area contributed by atoms with Crippen molar-refractivity contribution in [3.8, 4) is 0 Å². The highest BCUT2D eigenvalue weighted by atomic mass is 16.7. The summed E-state index contributed by atoms with van der Waals surface area (Å²) in [5.74, 6) is -0.224. The van der Waals surface area contributed by atoms with Crippen LogP contribution >= 0.6 is 0 Å². The third-order valence-electron chi connectivity index (χ3n) is 5.20. The molecular formula is C18H25NO3. The molecule has 4 nitrogen and oxygen atoms in total. The minimum Gasteiger partial charge on any atom is -0.327 e. The number of aldehydes is 1. The Morgan fingerprint density at radius 3 is 2.55 bits per heavy atom. The summed E-state index contributed by atoms with van der Waals surface area (Å²) in [6.07, 6.45) is 1.20. The summed E-state index contributed by atoms with van der Waals surface area (Å²) in [6, 6.07) is 10.4. The van der Waals surface area contributed by atoms with Gasteiger partial charge in [0.2, 0.25) is 5.91 Å². The SMILES string of the molecule is CC(C)C1CC(C=O)O[C@]12OC(c1ccccc1)C(C)N2C. The van der Waals surface area contributed by atoms with Crippen molar-refractivity contribution in [1.82, 2.24) is 4.90 Å². The molecule has 1 spiro atoms. The largest absolute Gasteiger partial charge is 0.327 e. The molecule has 2 aliphatic rings. The first-order valence-corrected chi connectivity index (χ1v) is 8.08. The Balaban J connectivity index is 1.95. The normalized spacial score (nSPS) is 39.0. The van der Waals surface area contributed by atoms with E-state index in [2.05, 4.69) is 37.8 Å². The summed E-state index contributed by atoms with van der Waals surface area (Å²) in [6.45, 7) is 6.49. The van der Waals surface area contributed by atoms with E-state index in [-0.39, 0.29) is 24.2 Å². The van der Waals surface area contributed by atoms with Crippen molar-refractivity contribution in [3.05, 3.63) is 35.9 Å². The molecule has 5 atom stereocenters. The zero-order valence-electron chi connectivity index (χ0n) is 13.7. The number of rotatable bonds is 3. The van der Waals surface area contributed by atoms with Gasteiger partial charge in [0, 0.05) is 12.0 Å². The van der Waals surface area contributed by atoms with Gasteiger partial charge in [-0.05, 0) is 31.9 Å². The van der Waals surface area contributed by atoms with Crippen LogP contribution in [-0.4, -0.2) is 36.3 Å². The average Bonchev–Trinajstić information content (AvgIpc) is 3.02. The van der Waals surface area contributed by atoms with Crippen LogP contribution in [0.5, 0.6) is 0 Å². The van der Waals surface area contributed by atoms with E-state index in [0.29, 0.717) is 5.92 Å². The summed E-state index contributed by atoms with van der Waals surface area (Å²) in [4.78, 5) is 13.4. The number of hydrogen-bond donors (Lipinski definition) is 0. The van der Waals surface area contributed by atoms with Gasteiger partial charge in [-0.1, -0.05) is 44.2 Å². The van der Waals surface area contributed by atoms with E-state index in [9.17, 15) is 4.79 Å². The van der Waals surface area contributed by atoms with E-state index >= 15 is 0 Å². The lowest BCUT2D eigenvalue weighted by molar-refractivity contribution is -0.291.